The summed E-state index contributed by atoms with van der Waals surface area (Å²) < 4.78 is 11.8. The summed E-state index contributed by atoms with van der Waals surface area (Å²) in [4.78, 5) is 11.1. The van der Waals surface area contributed by atoms with Crippen LogP contribution < -0.4 is 10.1 Å². The number of likely N-dealkylation sites (tertiary alicyclic amines) is 1. The highest BCUT2D eigenvalue weighted by Crippen LogP contribution is 2.36. The Balaban J connectivity index is 1.33. The number of hydrogen-bond acceptors (Lipinski definition) is 6. The molecule has 3 heterocycles. The molecule has 1 aromatic carbocycles. The van der Waals surface area contributed by atoms with Gasteiger partial charge in [-0.05, 0) is 37.8 Å². The number of aromatic nitrogens is 2. The fourth-order valence-electron chi connectivity index (χ4n) is 4.25. The molecule has 144 valence electrons. The molecule has 2 fully saturated rings. The van der Waals surface area contributed by atoms with Crippen LogP contribution in [0.3, 0.4) is 0 Å². The van der Waals surface area contributed by atoms with E-state index in [9.17, 15) is 0 Å². The van der Waals surface area contributed by atoms with Gasteiger partial charge < -0.3 is 14.8 Å². The van der Waals surface area contributed by atoms with Crippen LogP contribution in [0.5, 0.6) is 5.75 Å². The Morgan fingerprint density at radius 2 is 1.96 bits per heavy atom. The summed E-state index contributed by atoms with van der Waals surface area (Å²) in [5.41, 5.74) is 1.24. The third-order valence-electron chi connectivity index (χ3n) is 5.75. The first-order valence-corrected chi connectivity index (χ1v) is 9.78. The number of benzene rings is 1. The van der Waals surface area contributed by atoms with E-state index in [0.717, 1.165) is 57.7 Å². The lowest BCUT2D eigenvalue weighted by atomic mass is 9.82. The van der Waals surface area contributed by atoms with E-state index in [4.69, 9.17) is 9.47 Å². The Morgan fingerprint density at radius 1 is 1.19 bits per heavy atom. The highest BCUT2D eigenvalue weighted by atomic mass is 16.5. The van der Waals surface area contributed by atoms with Gasteiger partial charge in [-0.2, -0.15) is 0 Å². The first-order chi connectivity index (χ1) is 13.3. The molecule has 0 radical (unpaired) electrons. The fraction of sp³-hybridized carbons (Fsp3) is 0.524. The number of anilines is 1. The molecule has 1 aromatic heterocycles. The minimum Gasteiger partial charge on any atom is -0.496 e. The summed E-state index contributed by atoms with van der Waals surface area (Å²) in [6.07, 6.45) is 7.71. The lowest BCUT2D eigenvalue weighted by Crippen LogP contribution is -2.51. The molecule has 0 bridgehead atoms. The van der Waals surface area contributed by atoms with E-state index in [0.29, 0.717) is 12.0 Å². The summed E-state index contributed by atoms with van der Waals surface area (Å²) in [6, 6.07) is 10.5. The van der Waals surface area contributed by atoms with Crippen LogP contribution in [0.15, 0.2) is 42.7 Å². The molecule has 1 spiro atoms. The second-order valence-electron chi connectivity index (χ2n) is 7.53. The molecule has 0 amide bonds. The number of para-hydroxylation sites is 1. The van der Waals surface area contributed by atoms with Crippen molar-refractivity contribution in [1.82, 2.24) is 14.9 Å². The average molecular weight is 368 g/mol. The lowest BCUT2D eigenvalue weighted by Gasteiger charge is -2.46. The van der Waals surface area contributed by atoms with E-state index in [1.165, 1.54) is 5.56 Å². The van der Waals surface area contributed by atoms with Crippen molar-refractivity contribution in [3.8, 4) is 5.75 Å². The summed E-state index contributed by atoms with van der Waals surface area (Å²) >= 11 is 0. The van der Waals surface area contributed by atoms with E-state index in [2.05, 4.69) is 32.3 Å². The van der Waals surface area contributed by atoms with Crippen LogP contribution in [0.4, 0.5) is 5.95 Å². The normalized spacial score (nSPS) is 22.5. The molecule has 0 saturated carbocycles. The number of methoxy groups -OCH3 is 1. The number of ether oxygens (including phenoxy) is 2. The van der Waals surface area contributed by atoms with Crippen LogP contribution >= 0.6 is 0 Å². The van der Waals surface area contributed by atoms with Crippen LogP contribution in [0.2, 0.25) is 0 Å². The Hall–Kier alpha value is -2.18. The Morgan fingerprint density at radius 3 is 2.74 bits per heavy atom. The largest absolute Gasteiger partial charge is 0.496 e. The van der Waals surface area contributed by atoms with Crippen molar-refractivity contribution in [2.24, 2.45) is 0 Å². The fourth-order valence-corrected chi connectivity index (χ4v) is 4.25. The van der Waals surface area contributed by atoms with E-state index >= 15 is 0 Å². The molecule has 6 heteroatoms. The van der Waals surface area contributed by atoms with Crippen LogP contribution in [-0.4, -0.2) is 53.3 Å². The predicted molar refractivity (Wildman–Crippen MR) is 105 cm³/mol. The van der Waals surface area contributed by atoms with Crippen molar-refractivity contribution >= 4 is 5.95 Å². The number of piperidine rings is 1. The Bertz CT molecular complexity index is 732. The van der Waals surface area contributed by atoms with Crippen LogP contribution in [0.1, 0.15) is 31.2 Å². The molecule has 1 unspecified atom stereocenters. The van der Waals surface area contributed by atoms with Crippen molar-refractivity contribution in [2.75, 3.05) is 32.1 Å². The van der Waals surface area contributed by atoms with Crippen LogP contribution in [0.25, 0.3) is 0 Å². The van der Waals surface area contributed by atoms with E-state index < -0.39 is 0 Å². The number of nitrogens with one attached hydrogen (secondary N) is 1. The van der Waals surface area contributed by atoms with Crippen molar-refractivity contribution in [1.29, 1.82) is 0 Å². The maximum atomic E-state index is 6.29. The highest BCUT2D eigenvalue weighted by molar-refractivity contribution is 5.33. The molecule has 27 heavy (non-hydrogen) atoms. The zero-order valence-corrected chi connectivity index (χ0v) is 15.9. The van der Waals surface area contributed by atoms with Gasteiger partial charge >= 0.3 is 0 Å². The maximum Gasteiger partial charge on any atom is 0.222 e. The Kier molecular flexibility index (Phi) is 5.55. The average Bonchev–Trinajstić information content (AvgIpc) is 2.71. The molecule has 1 atom stereocenters. The van der Waals surface area contributed by atoms with Gasteiger partial charge in [0.25, 0.3) is 0 Å². The van der Waals surface area contributed by atoms with Crippen molar-refractivity contribution in [3.63, 3.8) is 0 Å². The topological polar surface area (TPSA) is 59.5 Å². The second kappa shape index (κ2) is 8.23. The monoisotopic (exact) mass is 368 g/mol. The van der Waals surface area contributed by atoms with Gasteiger partial charge in [0.1, 0.15) is 5.75 Å². The zero-order valence-electron chi connectivity index (χ0n) is 15.9. The number of rotatable bonds is 5. The second-order valence-corrected chi connectivity index (χ2v) is 7.53. The molecular weight excluding hydrogens is 340 g/mol. The first kappa shape index (κ1) is 18.2. The van der Waals surface area contributed by atoms with E-state index in [1.54, 1.807) is 19.5 Å². The molecule has 2 saturated heterocycles. The Labute approximate surface area is 160 Å². The van der Waals surface area contributed by atoms with Gasteiger partial charge in [-0.15, -0.1) is 0 Å². The first-order valence-electron chi connectivity index (χ1n) is 9.78. The minimum atomic E-state index is -0.0119. The minimum absolute atomic E-state index is 0.0119. The van der Waals surface area contributed by atoms with Crippen LogP contribution in [-0.2, 0) is 11.3 Å². The third kappa shape index (κ3) is 4.39. The molecule has 4 rings (SSSR count). The highest BCUT2D eigenvalue weighted by Gasteiger charge is 2.40. The SMILES string of the molecule is COc1ccccc1CN1CCC2(CC1)CC(Nc1ncccn1)CCO2. The van der Waals surface area contributed by atoms with Crippen molar-refractivity contribution in [3.05, 3.63) is 48.3 Å². The molecule has 6 nitrogen and oxygen atoms in total. The number of nitrogens with zero attached hydrogens (tertiary/aromatic N) is 3. The molecular formula is C21H28N4O2. The molecule has 2 aromatic rings. The predicted octanol–water partition coefficient (Wildman–Crippen LogP) is 3.11. The summed E-state index contributed by atoms with van der Waals surface area (Å²) in [7, 11) is 1.74. The molecule has 0 aliphatic carbocycles. The van der Waals surface area contributed by atoms with Crippen molar-refractivity contribution in [2.45, 2.75) is 43.9 Å². The third-order valence-corrected chi connectivity index (χ3v) is 5.75. The number of hydrogen-bond donors (Lipinski definition) is 1. The molecule has 2 aliphatic heterocycles. The summed E-state index contributed by atoms with van der Waals surface area (Å²) in [5.74, 6) is 1.69. The van der Waals surface area contributed by atoms with Gasteiger partial charge in [0, 0.05) is 50.2 Å². The standard InChI is InChI=1S/C21H28N4O2/c1-26-19-6-3-2-5-17(19)16-25-12-8-21(9-13-25)15-18(7-14-27-21)24-20-22-10-4-11-23-20/h2-6,10-11,18H,7-9,12-16H2,1H3,(H,22,23,24). The zero-order chi connectivity index (χ0) is 18.5. The maximum absolute atomic E-state index is 6.29. The quantitative estimate of drug-likeness (QED) is 0.875. The van der Waals surface area contributed by atoms with Gasteiger partial charge in [-0.1, -0.05) is 18.2 Å². The van der Waals surface area contributed by atoms with Gasteiger partial charge in [0.2, 0.25) is 5.95 Å². The van der Waals surface area contributed by atoms with Gasteiger partial charge in [-0.3, -0.25) is 4.90 Å². The van der Waals surface area contributed by atoms with Crippen LogP contribution in [0, 0.1) is 0 Å². The molecule has 1 N–H and O–H groups in total. The van der Waals surface area contributed by atoms with E-state index in [1.807, 2.05) is 18.2 Å². The molecule has 2 aliphatic rings. The van der Waals surface area contributed by atoms with Gasteiger partial charge in [0.15, 0.2) is 0 Å². The lowest BCUT2D eigenvalue weighted by molar-refractivity contribution is -0.115. The van der Waals surface area contributed by atoms with E-state index in [-0.39, 0.29) is 5.60 Å². The summed E-state index contributed by atoms with van der Waals surface area (Å²) in [5, 5.41) is 3.49. The van der Waals surface area contributed by atoms with Gasteiger partial charge in [-0.25, -0.2) is 9.97 Å². The van der Waals surface area contributed by atoms with Crippen molar-refractivity contribution < 1.29 is 9.47 Å². The van der Waals surface area contributed by atoms with Gasteiger partial charge in [0.05, 0.1) is 12.7 Å². The smallest absolute Gasteiger partial charge is 0.222 e. The summed E-state index contributed by atoms with van der Waals surface area (Å²) in [6.45, 7) is 3.83.